The van der Waals surface area contributed by atoms with E-state index in [4.69, 9.17) is 32.7 Å². The average Bonchev–Trinajstić information content (AvgIpc) is 2.85. The molecule has 0 saturated heterocycles. The molecule has 0 spiro atoms. The van der Waals surface area contributed by atoms with Crippen LogP contribution in [0.15, 0.2) is 54.6 Å². The first-order valence-electron chi connectivity index (χ1n) is 11.0. The standard InChI is InChI=1S/C25H21Cl2F2N3O6.Li/c26-14-1-4-17(19(27)11-14)23(33)31-21-6-3-16(13-18(21)24(34)35)38-10-9-37-8-7-30-25(36)32-22-5-2-15(28)12-20(22)29;/h1-6,11-13H,7-10H2,(H,31,33)(H,34,35)(H2,30,32,36);/q;+1/p-1. The van der Waals surface area contributed by atoms with E-state index in [-0.39, 0.29) is 78.5 Å². The molecule has 0 aliphatic carbocycles. The zero-order valence-electron chi connectivity index (χ0n) is 20.5. The van der Waals surface area contributed by atoms with Crippen LogP contribution in [0.3, 0.4) is 0 Å². The molecule has 3 N–H and O–H groups in total. The Labute approximate surface area is 243 Å². The summed E-state index contributed by atoms with van der Waals surface area (Å²) in [5.41, 5.74) is -0.398. The number of carbonyl (C=O) groups is 3. The number of carboxylic acid groups (broad SMARTS) is 1. The number of aromatic carboxylic acids is 1. The van der Waals surface area contributed by atoms with Crippen molar-refractivity contribution >= 4 is 52.5 Å². The van der Waals surface area contributed by atoms with Crippen LogP contribution in [0.2, 0.25) is 10.0 Å². The third-order valence-corrected chi connectivity index (χ3v) is 5.39. The van der Waals surface area contributed by atoms with Gasteiger partial charge in [0.25, 0.3) is 5.91 Å². The smallest absolute Gasteiger partial charge is 0.545 e. The molecular formula is C25H20Cl2F2LiN3O6. The molecule has 0 heterocycles. The number of carbonyl (C=O) groups excluding carboxylic acids is 3. The molecule has 0 saturated carbocycles. The number of amides is 3. The van der Waals surface area contributed by atoms with Crippen molar-refractivity contribution in [3.8, 4) is 5.75 Å². The maximum atomic E-state index is 13.5. The van der Waals surface area contributed by atoms with E-state index in [0.29, 0.717) is 11.1 Å². The Morgan fingerprint density at radius 2 is 1.59 bits per heavy atom. The molecule has 39 heavy (non-hydrogen) atoms. The minimum Gasteiger partial charge on any atom is -0.545 e. The maximum Gasteiger partial charge on any atom is 1.00 e. The zero-order chi connectivity index (χ0) is 27.7. The topological polar surface area (TPSA) is 129 Å². The zero-order valence-corrected chi connectivity index (χ0v) is 22.0. The largest absolute Gasteiger partial charge is 1.00 e. The number of hydrogen-bond donors (Lipinski definition) is 3. The van der Waals surface area contributed by atoms with Gasteiger partial charge >= 0.3 is 24.9 Å². The van der Waals surface area contributed by atoms with Crippen LogP contribution in [-0.4, -0.2) is 44.3 Å². The Morgan fingerprint density at radius 1 is 0.846 bits per heavy atom. The van der Waals surface area contributed by atoms with Crippen LogP contribution in [0.1, 0.15) is 20.7 Å². The number of urea groups is 1. The van der Waals surface area contributed by atoms with E-state index >= 15 is 0 Å². The van der Waals surface area contributed by atoms with Crippen molar-refractivity contribution in [3.63, 3.8) is 0 Å². The van der Waals surface area contributed by atoms with Gasteiger partial charge in [0.2, 0.25) is 0 Å². The van der Waals surface area contributed by atoms with Gasteiger partial charge in [-0.05, 0) is 48.5 Å². The molecule has 14 heteroatoms. The first-order valence-corrected chi connectivity index (χ1v) is 11.7. The van der Waals surface area contributed by atoms with Gasteiger partial charge in [-0.25, -0.2) is 13.6 Å². The average molecular weight is 574 g/mol. The molecule has 0 fully saturated rings. The van der Waals surface area contributed by atoms with E-state index in [0.717, 1.165) is 12.1 Å². The van der Waals surface area contributed by atoms with Crippen LogP contribution in [0.4, 0.5) is 25.0 Å². The number of halogens is 4. The number of rotatable bonds is 11. The number of ether oxygens (including phenoxy) is 2. The first kappa shape index (κ1) is 31.9. The molecule has 0 unspecified atom stereocenters. The van der Waals surface area contributed by atoms with Crippen molar-refractivity contribution in [3.05, 3.63) is 87.4 Å². The Morgan fingerprint density at radius 3 is 2.28 bits per heavy atom. The van der Waals surface area contributed by atoms with Crippen molar-refractivity contribution in [1.82, 2.24) is 5.32 Å². The second kappa shape index (κ2) is 15.3. The summed E-state index contributed by atoms with van der Waals surface area (Å²) in [6.07, 6.45) is 0. The van der Waals surface area contributed by atoms with Gasteiger partial charge in [-0.2, -0.15) is 0 Å². The fourth-order valence-corrected chi connectivity index (χ4v) is 3.56. The summed E-state index contributed by atoms with van der Waals surface area (Å²) >= 11 is 11.9. The summed E-state index contributed by atoms with van der Waals surface area (Å²) < 4.78 is 37.2. The monoisotopic (exact) mass is 573 g/mol. The molecular weight excluding hydrogens is 554 g/mol. The predicted molar refractivity (Wildman–Crippen MR) is 135 cm³/mol. The molecule has 0 aliphatic heterocycles. The second-order valence-corrected chi connectivity index (χ2v) is 8.38. The van der Waals surface area contributed by atoms with Gasteiger partial charge in [0.1, 0.15) is 24.0 Å². The van der Waals surface area contributed by atoms with Gasteiger partial charge in [-0.1, -0.05) is 23.2 Å². The number of carboxylic acids is 1. The Balaban J connectivity index is 0.00000533. The summed E-state index contributed by atoms with van der Waals surface area (Å²) in [6, 6.07) is 10.3. The molecule has 0 aromatic heterocycles. The minimum absolute atomic E-state index is 0. The van der Waals surface area contributed by atoms with E-state index in [1.165, 1.54) is 36.4 Å². The van der Waals surface area contributed by atoms with Gasteiger partial charge < -0.3 is 35.3 Å². The first-order chi connectivity index (χ1) is 18.1. The van der Waals surface area contributed by atoms with Crippen LogP contribution < -0.4 is 44.7 Å². The van der Waals surface area contributed by atoms with Gasteiger partial charge in [0, 0.05) is 23.2 Å². The molecule has 0 atom stereocenters. The number of hydrogen-bond acceptors (Lipinski definition) is 6. The van der Waals surface area contributed by atoms with Crippen molar-refractivity contribution in [1.29, 1.82) is 0 Å². The fourth-order valence-electron chi connectivity index (χ4n) is 3.07. The molecule has 3 aromatic carbocycles. The molecule has 0 aliphatic rings. The summed E-state index contributed by atoms with van der Waals surface area (Å²) in [7, 11) is 0. The van der Waals surface area contributed by atoms with Crippen molar-refractivity contribution < 1.29 is 56.6 Å². The SMILES string of the molecule is O=C(NCCOCCOc1ccc(NC(=O)c2ccc(Cl)cc2Cl)c(C(=O)[O-])c1)Nc1ccc(F)cc1F.[Li+]. The van der Waals surface area contributed by atoms with Gasteiger partial charge in [-0.3, -0.25) is 4.79 Å². The van der Waals surface area contributed by atoms with Crippen LogP contribution in [0, 0.1) is 11.6 Å². The van der Waals surface area contributed by atoms with Gasteiger partial charge in [0.15, 0.2) is 0 Å². The maximum absolute atomic E-state index is 13.5. The molecule has 200 valence electrons. The second-order valence-electron chi connectivity index (χ2n) is 7.54. The molecule has 9 nitrogen and oxygen atoms in total. The fraction of sp³-hybridized carbons (Fsp3) is 0.160. The number of anilines is 2. The van der Waals surface area contributed by atoms with Crippen molar-refractivity contribution in [2.24, 2.45) is 0 Å². The Bertz CT molecular complexity index is 1350. The van der Waals surface area contributed by atoms with E-state index in [9.17, 15) is 28.3 Å². The molecule has 3 aromatic rings. The summed E-state index contributed by atoms with van der Waals surface area (Å²) in [5, 5.41) is 19.2. The number of nitrogens with one attached hydrogen (secondary N) is 3. The molecule has 3 amide bonds. The van der Waals surface area contributed by atoms with Crippen LogP contribution >= 0.6 is 23.2 Å². The quantitative estimate of drug-likeness (QED) is 0.233. The number of benzene rings is 3. The normalized spacial score (nSPS) is 10.3. The Kier molecular flexibility index (Phi) is 12.5. The summed E-state index contributed by atoms with van der Waals surface area (Å²) in [4.78, 5) is 35.9. The van der Waals surface area contributed by atoms with E-state index < -0.39 is 29.5 Å². The summed E-state index contributed by atoms with van der Waals surface area (Å²) in [5.74, 6) is -3.65. The van der Waals surface area contributed by atoms with Crippen molar-refractivity contribution in [2.45, 2.75) is 0 Å². The van der Waals surface area contributed by atoms with Crippen LogP contribution in [-0.2, 0) is 4.74 Å². The third kappa shape index (κ3) is 9.73. The van der Waals surface area contributed by atoms with E-state index in [1.54, 1.807) is 0 Å². The minimum atomic E-state index is -1.53. The van der Waals surface area contributed by atoms with Crippen molar-refractivity contribution in [2.75, 3.05) is 37.0 Å². The van der Waals surface area contributed by atoms with Crippen LogP contribution in [0.25, 0.3) is 0 Å². The van der Waals surface area contributed by atoms with E-state index in [1.807, 2.05) is 0 Å². The third-order valence-electron chi connectivity index (χ3n) is 4.84. The predicted octanol–water partition coefficient (Wildman–Crippen LogP) is 1.11. The molecule has 0 bridgehead atoms. The summed E-state index contributed by atoms with van der Waals surface area (Å²) in [6.45, 7) is 0.344. The van der Waals surface area contributed by atoms with E-state index in [2.05, 4.69) is 16.0 Å². The van der Waals surface area contributed by atoms with Gasteiger partial charge in [0.05, 0.1) is 41.1 Å². The molecule has 3 rings (SSSR count). The molecule has 0 radical (unpaired) electrons. The Hall–Kier alpha value is -3.33. The van der Waals surface area contributed by atoms with Gasteiger partial charge in [-0.15, -0.1) is 0 Å². The van der Waals surface area contributed by atoms with Crippen LogP contribution in [0.5, 0.6) is 5.75 Å².